The largest absolute Gasteiger partial charge is 0.371 e. The second kappa shape index (κ2) is 15.4. The highest BCUT2D eigenvalue weighted by molar-refractivity contribution is 6.03. The van der Waals surface area contributed by atoms with Gasteiger partial charge in [-0.15, -0.1) is 0 Å². The molecule has 4 fully saturated rings. The first-order valence-electron chi connectivity index (χ1n) is 16.9. The molecule has 4 heterocycles. The summed E-state index contributed by atoms with van der Waals surface area (Å²) in [6, 6.07) is 9.23. The van der Waals surface area contributed by atoms with Crippen molar-refractivity contribution in [2.45, 2.75) is 49.7 Å². The number of nitrogens with one attached hydrogen (secondary N) is 4. The van der Waals surface area contributed by atoms with Gasteiger partial charge in [0.2, 0.25) is 0 Å². The van der Waals surface area contributed by atoms with E-state index in [1.165, 1.54) is 24.5 Å². The Labute approximate surface area is 287 Å². The monoisotopic (exact) mass is 684 g/mol. The molecule has 2 amide bonds. The molecule has 0 bridgehead atoms. The lowest BCUT2D eigenvalue weighted by atomic mass is 10.1. The second-order valence-corrected chi connectivity index (χ2v) is 12.7. The number of morpholine rings is 2. The molecule has 2 atom stereocenters. The van der Waals surface area contributed by atoms with Crippen LogP contribution < -0.4 is 21.3 Å². The molecule has 0 radical (unpaired) electrons. The highest BCUT2D eigenvalue weighted by atomic mass is 19.1. The van der Waals surface area contributed by atoms with Crippen molar-refractivity contribution in [3.8, 4) is 0 Å². The van der Waals surface area contributed by atoms with Crippen molar-refractivity contribution < 1.29 is 27.8 Å². The summed E-state index contributed by atoms with van der Waals surface area (Å²) in [4.78, 5) is 41.3. The van der Waals surface area contributed by atoms with Gasteiger partial charge in [-0.3, -0.25) is 19.6 Å². The van der Waals surface area contributed by atoms with Crippen LogP contribution in [-0.4, -0.2) is 71.1 Å². The van der Waals surface area contributed by atoms with Gasteiger partial charge in [0.1, 0.15) is 23.0 Å². The van der Waals surface area contributed by atoms with Crippen LogP contribution in [0.4, 0.5) is 20.2 Å². The standard InChI is InChI=1S/2C18H19FN4O2/c2*19-14-7-12(3-4-13(14)17-10-20-5-6-25-17)23-18(24)16-9-21-15(8-22-16)11-1-2-11/h2*3-4,7-9,11,17,20H,1-2,5-6,10H2,(H,23,24)/t2*17-/m10/s1. The number of halogens is 2. The predicted octanol–water partition coefficient (Wildman–Crippen LogP) is 4.81. The van der Waals surface area contributed by atoms with Crippen LogP contribution in [0.3, 0.4) is 0 Å². The molecule has 0 spiro atoms. The van der Waals surface area contributed by atoms with Crippen LogP contribution >= 0.6 is 0 Å². The lowest BCUT2D eigenvalue weighted by molar-refractivity contribution is 0.0254. The van der Waals surface area contributed by atoms with Gasteiger partial charge in [-0.05, 0) is 49.9 Å². The van der Waals surface area contributed by atoms with Crippen molar-refractivity contribution in [3.63, 3.8) is 0 Å². The highest BCUT2D eigenvalue weighted by Crippen LogP contribution is 2.39. The topological polar surface area (TPSA) is 152 Å². The van der Waals surface area contributed by atoms with E-state index in [0.29, 0.717) is 60.6 Å². The Kier molecular flexibility index (Phi) is 10.4. The van der Waals surface area contributed by atoms with Crippen LogP contribution in [0.2, 0.25) is 0 Å². The molecule has 2 aromatic heterocycles. The minimum atomic E-state index is -0.405. The molecule has 12 nitrogen and oxygen atoms in total. The van der Waals surface area contributed by atoms with E-state index in [9.17, 15) is 18.4 Å². The minimum absolute atomic E-state index is 0.216. The molecule has 8 rings (SSSR count). The molecular weight excluding hydrogens is 646 g/mol. The van der Waals surface area contributed by atoms with Gasteiger partial charge in [-0.25, -0.2) is 18.7 Å². The Morgan fingerprint density at radius 2 is 1.08 bits per heavy atom. The maximum absolute atomic E-state index is 14.3. The zero-order chi connectivity index (χ0) is 34.5. The number of ether oxygens (including phenoxy) is 2. The molecule has 0 unspecified atom stereocenters. The van der Waals surface area contributed by atoms with E-state index in [-0.39, 0.29) is 23.6 Å². The Balaban J connectivity index is 0.000000157. The molecule has 2 aliphatic heterocycles. The normalized spacial score (nSPS) is 20.3. The molecule has 2 aromatic carbocycles. The van der Waals surface area contributed by atoms with E-state index in [2.05, 4.69) is 41.2 Å². The number of nitrogens with zero attached hydrogens (tertiary/aromatic N) is 4. The number of rotatable bonds is 8. The number of hydrogen-bond acceptors (Lipinski definition) is 10. The molecule has 2 saturated heterocycles. The highest BCUT2D eigenvalue weighted by Gasteiger charge is 2.27. The first kappa shape index (κ1) is 33.7. The second-order valence-electron chi connectivity index (χ2n) is 12.7. The lowest BCUT2D eigenvalue weighted by Crippen LogP contribution is -2.33. The fourth-order valence-electron chi connectivity index (χ4n) is 5.74. The molecule has 4 aliphatic rings. The van der Waals surface area contributed by atoms with Gasteiger partial charge in [-0.2, -0.15) is 0 Å². The number of carbonyl (C=O) groups is 2. The molecule has 50 heavy (non-hydrogen) atoms. The third-order valence-electron chi connectivity index (χ3n) is 8.87. The zero-order valence-electron chi connectivity index (χ0n) is 27.3. The number of anilines is 2. The third-order valence-corrected chi connectivity index (χ3v) is 8.87. The summed E-state index contributed by atoms with van der Waals surface area (Å²) in [5.74, 6) is -0.635. The zero-order valence-corrected chi connectivity index (χ0v) is 27.3. The molecular formula is C36H38F2N8O4. The van der Waals surface area contributed by atoms with Crippen LogP contribution in [0.25, 0.3) is 0 Å². The minimum Gasteiger partial charge on any atom is -0.371 e. The summed E-state index contributed by atoms with van der Waals surface area (Å²) < 4.78 is 39.8. The van der Waals surface area contributed by atoms with E-state index < -0.39 is 23.4 Å². The number of hydrogen-bond donors (Lipinski definition) is 4. The van der Waals surface area contributed by atoms with E-state index >= 15 is 0 Å². The SMILES string of the molecule is O=C(Nc1ccc([C@@H]2CNCCO2)c(F)c1)c1cnc(C2CC2)cn1.O=C(Nc1ccc([C@H]2CNCCO2)c(F)c1)c1cnc(C2CC2)cn1. The fraction of sp³-hybridized carbons (Fsp3) is 0.389. The number of benzene rings is 2. The van der Waals surface area contributed by atoms with Gasteiger partial charge in [-0.1, -0.05) is 12.1 Å². The summed E-state index contributed by atoms with van der Waals surface area (Å²) in [5.41, 5.74) is 4.01. The average Bonchev–Trinajstić information content (AvgIpc) is 4.08. The van der Waals surface area contributed by atoms with Crippen molar-refractivity contribution in [2.75, 3.05) is 50.0 Å². The van der Waals surface area contributed by atoms with Crippen molar-refractivity contribution in [2.24, 2.45) is 0 Å². The fourth-order valence-corrected chi connectivity index (χ4v) is 5.74. The first-order valence-corrected chi connectivity index (χ1v) is 16.9. The van der Waals surface area contributed by atoms with Crippen molar-refractivity contribution in [1.82, 2.24) is 30.6 Å². The predicted molar refractivity (Wildman–Crippen MR) is 180 cm³/mol. The van der Waals surface area contributed by atoms with Gasteiger partial charge < -0.3 is 30.7 Å². The Hall–Kier alpha value is -4.76. The molecule has 260 valence electrons. The average molecular weight is 685 g/mol. The first-order chi connectivity index (χ1) is 24.4. The van der Waals surface area contributed by atoms with Crippen LogP contribution in [0.15, 0.2) is 61.2 Å². The maximum Gasteiger partial charge on any atom is 0.275 e. The van der Waals surface area contributed by atoms with E-state index in [1.54, 1.807) is 36.7 Å². The lowest BCUT2D eigenvalue weighted by Gasteiger charge is -2.24. The van der Waals surface area contributed by atoms with Gasteiger partial charge >= 0.3 is 0 Å². The van der Waals surface area contributed by atoms with E-state index in [1.807, 2.05) is 0 Å². The number of aromatic nitrogens is 4. The Morgan fingerprint density at radius 1 is 0.640 bits per heavy atom. The Morgan fingerprint density at radius 3 is 1.40 bits per heavy atom. The van der Waals surface area contributed by atoms with Crippen LogP contribution in [0, 0.1) is 11.6 Å². The van der Waals surface area contributed by atoms with Gasteiger partial charge in [0.05, 0.1) is 49.2 Å². The number of carbonyl (C=O) groups excluding carboxylic acids is 2. The van der Waals surface area contributed by atoms with Crippen LogP contribution in [0.1, 0.15) is 93.2 Å². The van der Waals surface area contributed by atoms with Gasteiger partial charge in [0, 0.05) is 72.9 Å². The molecule has 4 aromatic rings. The molecule has 14 heteroatoms. The number of amides is 2. The van der Waals surface area contributed by atoms with E-state index in [0.717, 1.165) is 50.2 Å². The van der Waals surface area contributed by atoms with E-state index in [4.69, 9.17) is 9.47 Å². The van der Waals surface area contributed by atoms with Gasteiger partial charge in [0.25, 0.3) is 11.8 Å². The van der Waals surface area contributed by atoms with Crippen LogP contribution in [-0.2, 0) is 9.47 Å². The van der Waals surface area contributed by atoms with Gasteiger partial charge in [0.15, 0.2) is 0 Å². The summed E-state index contributed by atoms with van der Waals surface area (Å²) in [7, 11) is 0. The summed E-state index contributed by atoms with van der Waals surface area (Å²) in [6.45, 7) is 3.80. The van der Waals surface area contributed by atoms with Crippen molar-refractivity contribution in [1.29, 1.82) is 0 Å². The molecule has 4 N–H and O–H groups in total. The molecule has 2 aliphatic carbocycles. The quantitative estimate of drug-likeness (QED) is 0.204. The summed E-state index contributed by atoms with van der Waals surface area (Å²) in [6.07, 6.45) is 10.1. The Bertz CT molecular complexity index is 1680. The maximum atomic E-state index is 14.3. The third kappa shape index (κ3) is 8.51. The summed E-state index contributed by atoms with van der Waals surface area (Å²) in [5, 5.41) is 11.6. The van der Waals surface area contributed by atoms with Crippen molar-refractivity contribution in [3.05, 3.63) is 107 Å². The van der Waals surface area contributed by atoms with Crippen LogP contribution in [0.5, 0.6) is 0 Å². The summed E-state index contributed by atoms with van der Waals surface area (Å²) >= 11 is 0. The molecule has 2 saturated carbocycles. The smallest absolute Gasteiger partial charge is 0.275 e. The van der Waals surface area contributed by atoms with Crippen molar-refractivity contribution >= 4 is 23.2 Å².